The van der Waals surface area contributed by atoms with Crippen molar-refractivity contribution in [2.45, 2.75) is 59.0 Å². The Kier molecular flexibility index (Phi) is 3.89. The highest BCUT2D eigenvalue weighted by atomic mass is 16.2. The average Bonchev–Trinajstić information content (AvgIpc) is 3.28. The van der Waals surface area contributed by atoms with E-state index in [1.807, 2.05) is 29.8 Å². The number of hydrogen-bond acceptors (Lipinski definition) is 4. The second kappa shape index (κ2) is 5.97. The van der Waals surface area contributed by atoms with Gasteiger partial charge in [0.1, 0.15) is 12.2 Å². The van der Waals surface area contributed by atoms with Gasteiger partial charge >= 0.3 is 0 Å². The fraction of sp³-hybridized carbons (Fsp3) is 0.667. The topological polar surface area (TPSA) is 68.8 Å². The van der Waals surface area contributed by atoms with Gasteiger partial charge in [-0.1, -0.05) is 6.42 Å². The number of carbonyl (C=O) groups is 1. The first kappa shape index (κ1) is 16.3. The van der Waals surface area contributed by atoms with E-state index >= 15 is 0 Å². The first-order valence-corrected chi connectivity index (χ1v) is 9.29. The Labute approximate surface area is 148 Å². The normalized spacial score (nSPS) is 21.7. The van der Waals surface area contributed by atoms with Crippen molar-refractivity contribution in [1.29, 1.82) is 0 Å². The van der Waals surface area contributed by atoms with E-state index in [4.69, 9.17) is 0 Å². The maximum atomic E-state index is 13.1. The molecule has 3 heterocycles. The molecule has 7 heteroatoms. The van der Waals surface area contributed by atoms with Crippen molar-refractivity contribution in [2.24, 2.45) is 5.41 Å². The second-order valence-corrected chi connectivity index (χ2v) is 7.39. The van der Waals surface area contributed by atoms with Crippen molar-refractivity contribution in [3.8, 4) is 0 Å². The summed E-state index contributed by atoms with van der Waals surface area (Å²) in [5.74, 6) is 1.43. The van der Waals surface area contributed by atoms with E-state index in [1.165, 1.54) is 19.3 Å². The Hall–Kier alpha value is -2.18. The molecule has 2 aromatic rings. The Bertz CT molecular complexity index is 787. The fourth-order valence-corrected chi connectivity index (χ4v) is 4.54. The van der Waals surface area contributed by atoms with Crippen molar-refractivity contribution in [3.05, 3.63) is 29.6 Å². The molecule has 2 aromatic heterocycles. The van der Waals surface area contributed by atoms with Gasteiger partial charge in [-0.05, 0) is 39.0 Å². The smallest absolute Gasteiger partial charge is 0.257 e. The minimum Gasteiger partial charge on any atom is -0.337 e. The molecule has 1 aliphatic heterocycles. The van der Waals surface area contributed by atoms with E-state index in [0.717, 1.165) is 43.3 Å². The summed E-state index contributed by atoms with van der Waals surface area (Å²) in [4.78, 5) is 15.1. The SMILES string of the molecule is CCn1cnnc1C1CN(C(=O)c2cnn(CC)c2C)CC12CCC2. The van der Waals surface area contributed by atoms with Crippen molar-refractivity contribution >= 4 is 5.91 Å². The summed E-state index contributed by atoms with van der Waals surface area (Å²) in [6.45, 7) is 9.33. The van der Waals surface area contributed by atoms with Crippen molar-refractivity contribution < 1.29 is 4.79 Å². The van der Waals surface area contributed by atoms with Crippen LogP contribution in [0, 0.1) is 12.3 Å². The highest BCUT2D eigenvalue weighted by Gasteiger charge is 2.53. The first-order valence-electron chi connectivity index (χ1n) is 9.29. The number of aryl methyl sites for hydroxylation is 2. The number of rotatable bonds is 4. The molecule has 1 saturated heterocycles. The molecule has 7 nitrogen and oxygen atoms in total. The van der Waals surface area contributed by atoms with Gasteiger partial charge in [0.2, 0.25) is 0 Å². The van der Waals surface area contributed by atoms with E-state index in [-0.39, 0.29) is 17.2 Å². The molecule has 2 aliphatic rings. The third-order valence-corrected chi connectivity index (χ3v) is 6.22. The van der Waals surface area contributed by atoms with E-state index in [0.29, 0.717) is 0 Å². The predicted octanol–water partition coefficient (Wildman–Crippen LogP) is 2.23. The molecular formula is C18H26N6O. The zero-order valence-electron chi connectivity index (χ0n) is 15.3. The lowest BCUT2D eigenvalue weighted by molar-refractivity contribution is 0.0722. The van der Waals surface area contributed by atoms with Gasteiger partial charge in [-0.25, -0.2) is 0 Å². The van der Waals surface area contributed by atoms with Crippen LogP contribution in [-0.4, -0.2) is 48.4 Å². The number of amides is 1. The maximum Gasteiger partial charge on any atom is 0.257 e. The molecule has 0 aromatic carbocycles. The van der Waals surface area contributed by atoms with Crippen LogP contribution in [0.25, 0.3) is 0 Å². The van der Waals surface area contributed by atoms with Crippen LogP contribution in [0.5, 0.6) is 0 Å². The molecule has 1 unspecified atom stereocenters. The quantitative estimate of drug-likeness (QED) is 0.854. The van der Waals surface area contributed by atoms with Crippen LogP contribution in [-0.2, 0) is 13.1 Å². The number of likely N-dealkylation sites (tertiary alicyclic amines) is 1. The Morgan fingerprint density at radius 3 is 2.72 bits per heavy atom. The maximum absolute atomic E-state index is 13.1. The molecule has 0 radical (unpaired) electrons. The molecule has 0 bridgehead atoms. The molecule has 0 N–H and O–H groups in total. The molecule has 1 spiro atoms. The van der Waals surface area contributed by atoms with Gasteiger partial charge < -0.3 is 9.47 Å². The summed E-state index contributed by atoms with van der Waals surface area (Å²) in [5.41, 5.74) is 1.87. The van der Waals surface area contributed by atoms with Gasteiger partial charge in [-0.2, -0.15) is 5.10 Å². The van der Waals surface area contributed by atoms with Crippen LogP contribution in [0.2, 0.25) is 0 Å². The summed E-state index contributed by atoms with van der Waals surface area (Å²) in [7, 11) is 0. The van der Waals surface area contributed by atoms with Crippen molar-refractivity contribution in [2.75, 3.05) is 13.1 Å². The number of aromatic nitrogens is 5. The Morgan fingerprint density at radius 2 is 2.12 bits per heavy atom. The minimum atomic E-state index is 0.105. The molecule has 2 fully saturated rings. The lowest BCUT2D eigenvalue weighted by Gasteiger charge is -2.42. The van der Waals surface area contributed by atoms with Gasteiger partial charge in [0.25, 0.3) is 5.91 Å². The van der Waals surface area contributed by atoms with E-state index < -0.39 is 0 Å². The summed E-state index contributed by atoms with van der Waals surface area (Å²) < 4.78 is 4.01. The summed E-state index contributed by atoms with van der Waals surface area (Å²) in [5, 5.41) is 12.9. The number of nitrogens with zero attached hydrogens (tertiary/aromatic N) is 6. The third kappa shape index (κ3) is 2.40. The van der Waals surface area contributed by atoms with Crippen LogP contribution in [0.15, 0.2) is 12.5 Å². The van der Waals surface area contributed by atoms with Crippen LogP contribution in [0.1, 0.15) is 60.9 Å². The molecule has 1 atom stereocenters. The number of carbonyl (C=O) groups excluding carboxylic acids is 1. The molecule has 1 amide bonds. The lowest BCUT2D eigenvalue weighted by atomic mass is 9.62. The van der Waals surface area contributed by atoms with Gasteiger partial charge in [0.05, 0.1) is 11.8 Å². The molecule has 1 aliphatic carbocycles. The van der Waals surface area contributed by atoms with Crippen LogP contribution >= 0.6 is 0 Å². The molecule has 25 heavy (non-hydrogen) atoms. The first-order chi connectivity index (χ1) is 12.1. The Morgan fingerprint density at radius 1 is 1.32 bits per heavy atom. The van der Waals surface area contributed by atoms with Gasteiger partial charge in [0, 0.05) is 37.8 Å². The zero-order chi connectivity index (χ0) is 17.6. The van der Waals surface area contributed by atoms with E-state index in [1.54, 1.807) is 6.20 Å². The Balaban J connectivity index is 1.62. The molecule has 4 rings (SSSR count). The zero-order valence-corrected chi connectivity index (χ0v) is 15.3. The average molecular weight is 342 g/mol. The molecular weight excluding hydrogens is 316 g/mol. The third-order valence-electron chi connectivity index (χ3n) is 6.22. The second-order valence-electron chi connectivity index (χ2n) is 7.39. The van der Waals surface area contributed by atoms with Crippen LogP contribution < -0.4 is 0 Å². The summed E-state index contributed by atoms with van der Waals surface area (Å²) in [6, 6.07) is 0. The van der Waals surface area contributed by atoms with Gasteiger partial charge in [-0.3, -0.25) is 9.48 Å². The van der Waals surface area contributed by atoms with Crippen LogP contribution in [0.3, 0.4) is 0 Å². The lowest BCUT2D eigenvalue weighted by Crippen LogP contribution is -2.38. The fourth-order valence-electron chi connectivity index (χ4n) is 4.54. The van der Waals surface area contributed by atoms with E-state index in [2.05, 4.69) is 26.8 Å². The molecule has 1 saturated carbocycles. The van der Waals surface area contributed by atoms with Crippen molar-refractivity contribution in [3.63, 3.8) is 0 Å². The van der Waals surface area contributed by atoms with Crippen LogP contribution in [0.4, 0.5) is 0 Å². The minimum absolute atomic E-state index is 0.105. The van der Waals surface area contributed by atoms with E-state index in [9.17, 15) is 4.79 Å². The van der Waals surface area contributed by atoms with Crippen molar-refractivity contribution in [1.82, 2.24) is 29.4 Å². The standard InChI is InChI=1S/C18H26N6O/c1-4-22-12-19-21-16(22)15-10-23(11-18(15)7-6-8-18)17(25)14-9-20-24(5-2)13(14)3/h9,12,15H,4-8,10-11H2,1-3H3. The van der Waals surface area contributed by atoms with Gasteiger partial charge in [0.15, 0.2) is 0 Å². The summed E-state index contributed by atoms with van der Waals surface area (Å²) >= 11 is 0. The molecule has 134 valence electrons. The monoisotopic (exact) mass is 342 g/mol. The largest absolute Gasteiger partial charge is 0.337 e. The summed E-state index contributed by atoms with van der Waals surface area (Å²) in [6.07, 6.45) is 7.11. The van der Waals surface area contributed by atoms with Gasteiger partial charge in [-0.15, -0.1) is 10.2 Å². The number of hydrogen-bond donors (Lipinski definition) is 0. The highest BCUT2D eigenvalue weighted by molar-refractivity contribution is 5.95. The highest BCUT2D eigenvalue weighted by Crippen LogP contribution is 2.55. The predicted molar refractivity (Wildman–Crippen MR) is 93.3 cm³/mol.